The molecule has 18 heavy (non-hydrogen) atoms. The van der Waals surface area contributed by atoms with Crippen LogP contribution in [-0.4, -0.2) is 38.4 Å². The summed E-state index contributed by atoms with van der Waals surface area (Å²) in [5.41, 5.74) is 0. The SMILES string of the molecule is CCOC(=O)CN(CC)S(=O)(=O)c1ccc(Cl)s1. The second kappa shape index (κ2) is 6.51. The lowest BCUT2D eigenvalue weighted by Gasteiger charge is -2.18. The van der Waals surface area contributed by atoms with E-state index in [2.05, 4.69) is 0 Å². The first-order chi connectivity index (χ1) is 8.41. The maximum atomic E-state index is 12.2. The third kappa shape index (κ3) is 3.68. The zero-order chi connectivity index (χ0) is 13.8. The van der Waals surface area contributed by atoms with Crippen molar-refractivity contribution >= 4 is 38.9 Å². The van der Waals surface area contributed by atoms with E-state index in [4.69, 9.17) is 16.3 Å². The van der Waals surface area contributed by atoms with E-state index in [1.54, 1.807) is 13.8 Å². The van der Waals surface area contributed by atoms with Crippen molar-refractivity contribution < 1.29 is 17.9 Å². The number of carbonyl (C=O) groups is 1. The highest BCUT2D eigenvalue weighted by atomic mass is 35.5. The van der Waals surface area contributed by atoms with Gasteiger partial charge in [0.25, 0.3) is 10.0 Å². The summed E-state index contributed by atoms with van der Waals surface area (Å²) >= 11 is 6.68. The number of likely N-dealkylation sites (N-methyl/N-ethyl adjacent to an activating group) is 1. The highest BCUT2D eigenvalue weighted by Gasteiger charge is 2.27. The van der Waals surface area contributed by atoms with Crippen LogP contribution in [0, 0.1) is 0 Å². The summed E-state index contributed by atoms with van der Waals surface area (Å²) in [6, 6.07) is 2.94. The summed E-state index contributed by atoms with van der Waals surface area (Å²) in [4.78, 5) is 11.3. The van der Waals surface area contributed by atoms with Gasteiger partial charge in [-0.1, -0.05) is 18.5 Å². The summed E-state index contributed by atoms with van der Waals surface area (Å²) in [6.07, 6.45) is 0. The molecular weight excluding hydrogens is 298 g/mol. The van der Waals surface area contributed by atoms with E-state index in [-0.39, 0.29) is 23.9 Å². The molecule has 0 aliphatic carbocycles. The average Bonchev–Trinajstić information content (AvgIpc) is 2.73. The zero-order valence-corrected chi connectivity index (χ0v) is 12.4. The number of rotatable bonds is 6. The Morgan fingerprint density at radius 2 is 2.11 bits per heavy atom. The Bertz CT molecular complexity index is 512. The second-order valence-corrected chi connectivity index (χ2v) is 7.17. The lowest BCUT2D eigenvalue weighted by Crippen LogP contribution is -2.35. The monoisotopic (exact) mass is 311 g/mol. The van der Waals surface area contributed by atoms with Gasteiger partial charge >= 0.3 is 5.97 Å². The molecule has 1 heterocycles. The van der Waals surface area contributed by atoms with Crippen molar-refractivity contribution in [2.24, 2.45) is 0 Å². The molecule has 5 nitrogen and oxygen atoms in total. The molecule has 0 spiro atoms. The lowest BCUT2D eigenvalue weighted by molar-refractivity contribution is -0.143. The van der Waals surface area contributed by atoms with Crippen molar-refractivity contribution in [3.63, 3.8) is 0 Å². The molecule has 0 saturated carbocycles. The van der Waals surface area contributed by atoms with Crippen LogP contribution >= 0.6 is 22.9 Å². The molecule has 102 valence electrons. The minimum atomic E-state index is -3.68. The second-order valence-electron chi connectivity index (χ2n) is 3.29. The molecule has 0 radical (unpaired) electrons. The van der Waals surface area contributed by atoms with E-state index in [0.29, 0.717) is 4.34 Å². The van der Waals surface area contributed by atoms with E-state index in [1.165, 1.54) is 12.1 Å². The van der Waals surface area contributed by atoms with Gasteiger partial charge < -0.3 is 4.74 Å². The Labute approximate surface area is 115 Å². The van der Waals surface area contributed by atoms with Crippen LogP contribution < -0.4 is 0 Å². The van der Waals surface area contributed by atoms with Crippen molar-refractivity contribution in [2.75, 3.05) is 19.7 Å². The van der Waals surface area contributed by atoms with E-state index in [0.717, 1.165) is 15.6 Å². The Morgan fingerprint density at radius 3 is 2.56 bits per heavy atom. The molecule has 0 aliphatic heterocycles. The zero-order valence-electron chi connectivity index (χ0n) is 10.1. The van der Waals surface area contributed by atoms with Crippen LogP contribution in [0.25, 0.3) is 0 Å². The normalized spacial score (nSPS) is 11.8. The molecule has 0 atom stereocenters. The van der Waals surface area contributed by atoms with Crippen LogP contribution in [0.3, 0.4) is 0 Å². The number of esters is 1. The van der Waals surface area contributed by atoms with E-state index < -0.39 is 16.0 Å². The Balaban J connectivity index is 2.90. The molecule has 1 aromatic rings. The Hall–Kier alpha value is -0.630. The minimum Gasteiger partial charge on any atom is -0.465 e. The van der Waals surface area contributed by atoms with Crippen molar-refractivity contribution in [1.82, 2.24) is 4.31 Å². The number of carbonyl (C=O) groups excluding carboxylic acids is 1. The fraction of sp³-hybridized carbons (Fsp3) is 0.500. The molecule has 1 aromatic heterocycles. The van der Waals surface area contributed by atoms with Crippen molar-refractivity contribution in [3.05, 3.63) is 16.5 Å². The predicted molar refractivity (Wildman–Crippen MR) is 70.4 cm³/mol. The van der Waals surface area contributed by atoms with Gasteiger partial charge in [0.1, 0.15) is 10.8 Å². The minimum absolute atomic E-state index is 0.124. The first-order valence-electron chi connectivity index (χ1n) is 5.33. The smallest absolute Gasteiger partial charge is 0.321 e. The number of sulfonamides is 1. The van der Waals surface area contributed by atoms with Gasteiger partial charge in [0.05, 0.1) is 10.9 Å². The molecule has 0 unspecified atom stereocenters. The predicted octanol–water partition coefficient (Wildman–Crippen LogP) is 1.98. The van der Waals surface area contributed by atoms with Crippen LogP contribution in [-0.2, 0) is 19.6 Å². The number of nitrogens with zero attached hydrogens (tertiary/aromatic N) is 1. The maximum Gasteiger partial charge on any atom is 0.321 e. The van der Waals surface area contributed by atoms with Crippen LogP contribution in [0.2, 0.25) is 4.34 Å². The number of thiophene rings is 1. The number of hydrogen-bond donors (Lipinski definition) is 0. The third-order valence-electron chi connectivity index (χ3n) is 2.11. The van der Waals surface area contributed by atoms with Gasteiger partial charge in [0, 0.05) is 6.54 Å². The molecule has 0 saturated heterocycles. The maximum absolute atomic E-state index is 12.2. The third-order valence-corrected chi connectivity index (χ3v) is 5.73. The van der Waals surface area contributed by atoms with Crippen LogP contribution in [0.4, 0.5) is 0 Å². The van der Waals surface area contributed by atoms with Gasteiger partial charge in [-0.25, -0.2) is 8.42 Å². The fourth-order valence-corrected chi connectivity index (χ4v) is 4.31. The largest absolute Gasteiger partial charge is 0.465 e. The number of hydrogen-bond acceptors (Lipinski definition) is 5. The van der Waals surface area contributed by atoms with Gasteiger partial charge in [-0.15, -0.1) is 11.3 Å². The van der Waals surface area contributed by atoms with Gasteiger partial charge in [0.15, 0.2) is 0 Å². The first-order valence-corrected chi connectivity index (χ1v) is 7.96. The van der Waals surface area contributed by atoms with Crippen LogP contribution in [0.15, 0.2) is 16.3 Å². The molecular formula is C10H14ClNO4S2. The number of ether oxygens (including phenoxy) is 1. The summed E-state index contributed by atoms with van der Waals surface area (Å²) < 4.78 is 30.7. The van der Waals surface area contributed by atoms with E-state index in [1.807, 2.05) is 0 Å². The van der Waals surface area contributed by atoms with Gasteiger partial charge in [0.2, 0.25) is 0 Å². The Morgan fingerprint density at radius 1 is 1.44 bits per heavy atom. The molecule has 0 aromatic carbocycles. The van der Waals surface area contributed by atoms with Crippen molar-refractivity contribution in [3.8, 4) is 0 Å². The average molecular weight is 312 g/mol. The quantitative estimate of drug-likeness (QED) is 0.754. The molecule has 8 heteroatoms. The fourth-order valence-electron chi connectivity index (χ4n) is 1.28. The number of halogens is 1. The van der Waals surface area contributed by atoms with Gasteiger partial charge in [-0.05, 0) is 19.1 Å². The van der Waals surface area contributed by atoms with E-state index in [9.17, 15) is 13.2 Å². The van der Waals surface area contributed by atoms with Gasteiger partial charge in [-0.2, -0.15) is 4.31 Å². The molecule has 0 aliphatic rings. The highest BCUT2D eigenvalue weighted by molar-refractivity contribution is 7.91. The summed E-state index contributed by atoms with van der Waals surface area (Å²) in [6.45, 7) is 3.45. The van der Waals surface area contributed by atoms with Gasteiger partial charge in [-0.3, -0.25) is 4.79 Å². The highest BCUT2D eigenvalue weighted by Crippen LogP contribution is 2.27. The standard InChI is InChI=1S/C10H14ClNO4S2/c1-3-12(7-9(13)16-4-2)18(14,15)10-6-5-8(11)17-10/h5-6H,3-4,7H2,1-2H3. The Kier molecular flexibility index (Phi) is 5.58. The summed E-state index contributed by atoms with van der Waals surface area (Å²) in [5, 5.41) is 0. The molecule has 0 fully saturated rings. The van der Waals surface area contributed by atoms with E-state index >= 15 is 0 Å². The summed E-state index contributed by atoms with van der Waals surface area (Å²) in [5.74, 6) is -0.564. The molecule has 0 amide bonds. The molecule has 1 rings (SSSR count). The lowest BCUT2D eigenvalue weighted by atomic mass is 10.6. The topological polar surface area (TPSA) is 63.7 Å². The van der Waals surface area contributed by atoms with Crippen LogP contribution in [0.5, 0.6) is 0 Å². The van der Waals surface area contributed by atoms with Crippen LogP contribution in [0.1, 0.15) is 13.8 Å². The van der Waals surface area contributed by atoms with Crippen molar-refractivity contribution in [1.29, 1.82) is 0 Å². The summed E-state index contributed by atoms with van der Waals surface area (Å²) in [7, 11) is -3.68. The molecule has 0 N–H and O–H groups in total. The van der Waals surface area contributed by atoms with Crippen molar-refractivity contribution in [2.45, 2.75) is 18.1 Å². The first kappa shape index (κ1) is 15.4. The molecule has 0 bridgehead atoms.